The molecule has 1 rings (SSSR count). The van der Waals surface area contributed by atoms with E-state index in [-0.39, 0.29) is 18.1 Å². The molecule has 0 heterocycles. The number of rotatable bonds is 5. The van der Waals surface area contributed by atoms with E-state index in [0.29, 0.717) is 12.6 Å². The van der Waals surface area contributed by atoms with Crippen molar-refractivity contribution in [2.45, 2.75) is 13.3 Å². The van der Waals surface area contributed by atoms with Gasteiger partial charge in [0.15, 0.2) is 0 Å². The molecule has 5 nitrogen and oxygen atoms in total. The minimum Gasteiger partial charge on any atom is -0.355 e. The monoisotopic (exact) mass is 271 g/mol. The summed E-state index contributed by atoms with van der Waals surface area (Å²) in [4.78, 5) is 22.6. The van der Waals surface area contributed by atoms with Crippen LogP contribution in [0.25, 0.3) is 0 Å². The molecule has 3 amide bonds. The molecule has 0 saturated carbocycles. The van der Waals surface area contributed by atoms with Crippen LogP contribution in [0.15, 0.2) is 18.2 Å². The van der Waals surface area contributed by atoms with Crippen LogP contribution in [-0.4, -0.2) is 25.0 Å². The standard InChI is InChI=1S/C12H15F2N3O2/c1-2-5-15-11(18)7-16-12(19)17-10-4-3-8(13)6-9(10)14/h3-4,6H,2,5,7H2,1H3,(H,15,18)(H2,16,17,19). The van der Waals surface area contributed by atoms with Crippen LogP contribution in [-0.2, 0) is 4.79 Å². The summed E-state index contributed by atoms with van der Waals surface area (Å²) in [5, 5.41) is 7.00. The summed E-state index contributed by atoms with van der Waals surface area (Å²) in [6.45, 7) is 2.21. The third-order valence-electron chi connectivity index (χ3n) is 2.16. The highest BCUT2D eigenvalue weighted by atomic mass is 19.1. The van der Waals surface area contributed by atoms with Gasteiger partial charge in [0.05, 0.1) is 12.2 Å². The molecule has 3 N–H and O–H groups in total. The molecule has 1 aromatic rings. The number of hydrogen-bond donors (Lipinski definition) is 3. The normalized spacial score (nSPS) is 9.84. The summed E-state index contributed by atoms with van der Waals surface area (Å²) in [6.07, 6.45) is 0.790. The molecule has 0 atom stereocenters. The predicted octanol–water partition coefficient (Wildman–Crippen LogP) is 1.61. The zero-order chi connectivity index (χ0) is 14.3. The lowest BCUT2D eigenvalue weighted by Crippen LogP contribution is -2.39. The minimum absolute atomic E-state index is 0.159. The van der Waals surface area contributed by atoms with Crippen molar-refractivity contribution in [1.82, 2.24) is 10.6 Å². The first-order valence-electron chi connectivity index (χ1n) is 5.79. The van der Waals surface area contributed by atoms with E-state index >= 15 is 0 Å². The topological polar surface area (TPSA) is 70.2 Å². The molecule has 0 aliphatic rings. The third kappa shape index (κ3) is 5.33. The lowest BCUT2D eigenvalue weighted by Gasteiger charge is -2.08. The molecule has 1 aromatic carbocycles. The first-order valence-corrected chi connectivity index (χ1v) is 5.79. The third-order valence-corrected chi connectivity index (χ3v) is 2.16. The van der Waals surface area contributed by atoms with Gasteiger partial charge in [-0.25, -0.2) is 13.6 Å². The molecular formula is C12H15F2N3O2. The molecule has 104 valence electrons. The number of amides is 3. The van der Waals surface area contributed by atoms with Gasteiger partial charge in [0.1, 0.15) is 11.6 Å². The van der Waals surface area contributed by atoms with Gasteiger partial charge in [0, 0.05) is 12.6 Å². The van der Waals surface area contributed by atoms with Crippen LogP contribution in [0.5, 0.6) is 0 Å². The highest BCUT2D eigenvalue weighted by molar-refractivity contribution is 5.92. The van der Waals surface area contributed by atoms with Crippen molar-refractivity contribution in [3.63, 3.8) is 0 Å². The number of urea groups is 1. The fraction of sp³-hybridized carbons (Fsp3) is 0.333. The van der Waals surface area contributed by atoms with Crippen molar-refractivity contribution in [1.29, 1.82) is 0 Å². The highest BCUT2D eigenvalue weighted by Gasteiger charge is 2.08. The molecule has 19 heavy (non-hydrogen) atoms. The highest BCUT2D eigenvalue weighted by Crippen LogP contribution is 2.14. The van der Waals surface area contributed by atoms with E-state index in [1.165, 1.54) is 0 Å². The Labute approximate surface area is 109 Å². The van der Waals surface area contributed by atoms with E-state index in [1.54, 1.807) is 0 Å². The number of carbonyl (C=O) groups is 2. The average molecular weight is 271 g/mol. The summed E-state index contributed by atoms with van der Waals surface area (Å²) in [5.41, 5.74) is -0.159. The van der Waals surface area contributed by atoms with E-state index < -0.39 is 17.7 Å². The summed E-state index contributed by atoms with van der Waals surface area (Å²) >= 11 is 0. The molecule has 7 heteroatoms. The molecule has 0 aliphatic heterocycles. The van der Waals surface area contributed by atoms with E-state index in [2.05, 4.69) is 16.0 Å². The van der Waals surface area contributed by atoms with Gasteiger partial charge < -0.3 is 16.0 Å². The SMILES string of the molecule is CCCNC(=O)CNC(=O)Nc1ccc(F)cc1F. The van der Waals surface area contributed by atoms with Crippen LogP contribution < -0.4 is 16.0 Å². The zero-order valence-electron chi connectivity index (χ0n) is 10.4. The van der Waals surface area contributed by atoms with Gasteiger partial charge in [0.25, 0.3) is 0 Å². The maximum Gasteiger partial charge on any atom is 0.319 e. The van der Waals surface area contributed by atoms with E-state index in [4.69, 9.17) is 0 Å². The Morgan fingerprint density at radius 1 is 1.21 bits per heavy atom. The van der Waals surface area contributed by atoms with Gasteiger partial charge in [-0.05, 0) is 18.6 Å². The fourth-order valence-corrected chi connectivity index (χ4v) is 1.24. The second kappa shape index (κ2) is 7.30. The molecule has 0 bridgehead atoms. The Morgan fingerprint density at radius 2 is 1.95 bits per heavy atom. The van der Waals surface area contributed by atoms with Crippen LogP contribution in [0.1, 0.15) is 13.3 Å². The van der Waals surface area contributed by atoms with Gasteiger partial charge >= 0.3 is 6.03 Å². The maximum absolute atomic E-state index is 13.2. The van der Waals surface area contributed by atoms with Gasteiger partial charge in [-0.1, -0.05) is 6.92 Å². The lowest BCUT2D eigenvalue weighted by atomic mass is 10.3. The Morgan fingerprint density at radius 3 is 2.58 bits per heavy atom. The van der Waals surface area contributed by atoms with Crippen molar-refractivity contribution in [3.8, 4) is 0 Å². The van der Waals surface area contributed by atoms with Crippen molar-refractivity contribution < 1.29 is 18.4 Å². The largest absolute Gasteiger partial charge is 0.355 e. The van der Waals surface area contributed by atoms with Crippen LogP contribution in [0.2, 0.25) is 0 Å². The fourth-order valence-electron chi connectivity index (χ4n) is 1.24. The maximum atomic E-state index is 13.2. The second-order valence-electron chi connectivity index (χ2n) is 3.78. The average Bonchev–Trinajstić information content (AvgIpc) is 2.37. The van der Waals surface area contributed by atoms with Crippen LogP contribution in [0.3, 0.4) is 0 Å². The first-order chi connectivity index (χ1) is 9.02. The lowest BCUT2D eigenvalue weighted by molar-refractivity contribution is -0.120. The summed E-state index contributed by atoms with van der Waals surface area (Å²) < 4.78 is 25.9. The Kier molecular flexibility index (Phi) is 5.72. The number of benzene rings is 1. The molecule has 0 unspecified atom stereocenters. The zero-order valence-corrected chi connectivity index (χ0v) is 10.4. The van der Waals surface area contributed by atoms with E-state index in [1.807, 2.05) is 6.92 Å². The predicted molar refractivity (Wildman–Crippen MR) is 66.7 cm³/mol. The van der Waals surface area contributed by atoms with Crippen LogP contribution >= 0.6 is 0 Å². The molecule has 0 fully saturated rings. The van der Waals surface area contributed by atoms with Crippen LogP contribution in [0, 0.1) is 11.6 Å². The summed E-state index contributed by atoms with van der Waals surface area (Å²) in [5.74, 6) is -1.95. The Balaban J connectivity index is 2.41. The van der Waals surface area contributed by atoms with Crippen molar-refractivity contribution >= 4 is 17.6 Å². The Bertz CT molecular complexity index is 466. The van der Waals surface area contributed by atoms with Crippen LogP contribution in [0.4, 0.5) is 19.3 Å². The second-order valence-corrected chi connectivity index (χ2v) is 3.78. The summed E-state index contributed by atoms with van der Waals surface area (Å²) in [7, 11) is 0. The molecule has 0 saturated heterocycles. The van der Waals surface area contributed by atoms with Crippen molar-refractivity contribution in [2.24, 2.45) is 0 Å². The van der Waals surface area contributed by atoms with Gasteiger partial charge in [-0.3, -0.25) is 4.79 Å². The number of anilines is 1. The minimum atomic E-state index is -0.884. The molecule has 0 aliphatic carbocycles. The number of carbonyl (C=O) groups excluding carboxylic acids is 2. The van der Waals surface area contributed by atoms with Gasteiger partial charge in [-0.15, -0.1) is 0 Å². The smallest absolute Gasteiger partial charge is 0.319 e. The molecule has 0 spiro atoms. The van der Waals surface area contributed by atoms with E-state index in [0.717, 1.165) is 18.6 Å². The van der Waals surface area contributed by atoms with Crippen molar-refractivity contribution in [3.05, 3.63) is 29.8 Å². The molecular weight excluding hydrogens is 256 g/mol. The number of nitrogens with one attached hydrogen (secondary N) is 3. The number of halogens is 2. The first kappa shape index (κ1) is 14.9. The Hall–Kier alpha value is -2.18. The van der Waals surface area contributed by atoms with Gasteiger partial charge in [-0.2, -0.15) is 0 Å². The molecule has 0 radical (unpaired) electrons. The quantitative estimate of drug-likeness (QED) is 0.761. The summed E-state index contributed by atoms with van der Waals surface area (Å²) in [6, 6.07) is 2.04. The molecule has 0 aromatic heterocycles. The van der Waals surface area contributed by atoms with E-state index in [9.17, 15) is 18.4 Å². The van der Waals surface area contributed by atoms with Crippen molar-refractivity contribution in [2.75, 3.05) is 18.4 Å². The van der Waals surface area contributed by atoms with Gasteiger partial charge in [0.2, 0.25) is 5.91 Å². The number of hydrogen-bond acceptors (Lipinski definition) is 2.